The molecule has 162 valence electrons. The summed E-state index contributed by atoms with van der Waals surface area (Å²) in [4.78, 5) is 15.5. The Bertz CT molecular complexity index is 1080. The molecule has 0 atom stereocenters. The molecule has 0 unspecified atom stereocenters. The summed E-state index contributed by atoms with van der Waals surface area (Å²) in [5.74, 6) is 1.41. The van der Waals surface area contributed by atoms with Gasteiger partial charge in [0.05, 0.1) is 12.3 Å². The van der Waals surface area contributed by atoms with Crippen LogP contribution in [0.2, 0.25) is 0 Å². The number of carbonyl (C=O) groups excluding carboxylic acids is 1. The van der Waals surface area contributed by atoms with E-state index in [4.69, 9.17) is 0 Å². The molecule has 3 aromatic rings. The molecule has 6 heteroatoms. The van der Waals surface area contributed by atoms with Gasteiger partial charge in [0, 0.05) is 11.3 Å². The molecule has 1 saturated heterocycles. The molecule has 0 saturated carbocycles. The number of hydrogen-bond acceptors (Lipinski definition) is 5. The highest BCUT2D eigenvalue weighted by Gasteiger charge is 2.21. The SMILES string of the molecule is Cc1cc(C(=O)CSc2nnc(CN3CCCC3)n2-c2ccccc2)c(C)c(C)c1C. The van der Waals surface area contributed by atoms with Crippen molar-refractivity contribution >= 4 is 17.5 Å². The van der Waals surface area contributed by atoms with E-state index in [1.807, 2.05) is 31.2 Å². The molecule has 0 radical (unpaired) electrons. The second-order valence-corrected chi connectivity index (χ2v) is 9.32. The largest absolute Gasteiger partial charge is 0.296 e. The maximum absolute atomic E-state index is 13.1. The van der Waals surface area contributed by atoms with Gasteiger partial charge in [-0.3, -0.25) is 14.3 Å². The summed E-state index contributed by atoms with van der Waals surface area (Å²) in [6.45, 7) is 11.3. The van der Waals surface area contributed by atoms with Gasteiger partial charge in [-0.05, 0) is 94.1 Å². The number of nitrogens with zero attached hydrogens (tertiary/aromatic N) is 4. The van der Waals surface area contributed by atoms with Crippen molar-refractivity contribution in [2.24, 2.45) is 0 Å². The lowest BCUT2D eigenvalue weighted by molar-refractivity contribution is 0.102. The summed E-state index contributed by atoms with van der Waals surface area (Å²) >= 11 is 1.47. The van der Waals surface area contributed by atoms with Crippen LogP contribution >= 0.6 is 11.8 Å². The maximum Gasteiger partial charge on any atom is 0.196 e. The van der Waals surface area contributed by atoms with Crippen LogP contribution < -0.4 is 0 Å². The zero-order valence-electron chi connectivity index (χ0n) is 18.8. The fraction of sp³-hybridized carbons (Fsp3) is 0.400. The standard InChI is InChI=1S/C25H30N4OS/c1-17-14-22(20(4)19(3)18(17)2)23(30)16-31-25-27-26-24(15-28-12-8-9-13-28)29(25)21-10-6-5-7-11-21/h5-7,10-11,14H,8-9,12-13,15-16H2,1-4H3. The third kappa shape index (κ3) is 4.60. The molecule has 1 fully saturated rings. The van der Waals surface area contributed by atoms with Gasteiger partial charge in [0.25, 0.3) is 0 Å². The molecule has 0 N–H and O–H groups in total. The molecule has 1 aromatic heterocycles. The van der Waals surface area contributed by atoms with Gasteiger partial charge in [0.15, 0.2) is 16.8 Å². The van der Waals surface area contributed by atoms with Crippen LogP contribution in [-0.2, 0) is 6.54 Å². The quantitative estimate of drug-likeness (QED) is 0.384. The van der Waals surface area contributed by atoms with E-state index >= 15 is 0 Å². The van der Waals surface area contributed by atoms with Crippen LogP contribution in [0.3, 0.4) is 0 Å². The van der Waals surface area contributed by atoms with Crippen molar-refractivity contribution < 1.29 is 4.79 Å². The van der Waals surface area contributed by atoms with Crippen LogP contribution in [0.25, 0.3) is 5.69 Å². The normalized spacial score (nSPS) is 14.3. The zero-order chi connectivity index (χ0) is 22.0. The molecule has 1 aliphatic rings. The monoisotopic (exact) mass is 434 g/mol. The van der Waals surface area contributed by atoms with Crippen molar-refractivity contribution in [3.8, 4) is 5.69 Å². The van der Waals surface area contributed by atoms with Gasteiger partial charge in [-0.25, -0.2) is 0 Å². The Labute approximate surface area is 188 Å². The molecule has 0 amide bonds. The lowest BCUT2D eigenvalue weighted by Crippen LogP contribution is -2.21. The van der Waals surface area contributed by atoms with E-state index in [0.717, 1.165) is 53.0 Å². The predicted octanol–water partition coefficient (Wildman–Crippen LogP) is 5.07. The third-order valence-electron chi connectivity index (χ3n) is 6.39. The Morgan fingerprint density at radius 3 is 2.39 bits per heavy atom. The number of Topliss-reactive ketones (excluding diaryl/α,β-unsaturated/α-hetero) is 1. The summed E-state index contributed by atoms with van der Waals surface area (Å²) < 4.78 is 2.11. The second-order valence-electron chi connectivity index (χ2n) is 8.38. The minimum absolute atomic E-state index is 0.136. The molecule has 4 rings (SSSR count). The number of carbonyl (C=O) groups is 1. The molecule has 0 spiro atoms. The Morgan fingerprint density at radius 2 is 1.68 bits per heavy atom. The Morgan fingerprint density at radius 1 is 0.968 bits per heavy atom. The molecular formula is C25H30N4OS. The van der Waals surface area contributed by atoms with Crippen LogP contribution in [0.5, 0.6) is 0 Å². The van der Waals surface area contributed by atoms with Gasteiger partial charge in [-0.1, -0.05) is 30.0 Å². The minimum Gasteiger partial charge on any atom is -0.296 e. The number of aryl methyl sites for hydroxylation is 1. The van der Waals surface area contributed by atoms with Crippen molar-refractivity contribution in [3.05, 3.63) is 70.0 Å². The summed E-state index contributed by atoms with van der Waals surface area (Å²) in [5.41, 5.74) is 6.56. The number of likely N-dealkylation sites (tertiary alicyclic amines) is 1. The van der Waals surface area contributed by atoms with Crippen molar-refractivity contribution in [1.29, 1.82) is 0 Å². The number of aromatic nitrogens is 3. The molecule has 0 bridgehead atoms. The summed E-state index contributed by atoms with van der Waals surface area (Å²) in [6, 6.07) is 12.2. The average molecular weight is 435 g/mol. The third-order valence-corrected chi connectivity index (χ3v) is 7.32. The number of para-hydroxylation sites is 1. The highest BCUT2D eigenvalue weighted by Crippen LogP contribution is 2.27. The molecule has 0 aliphatic carbocycles. The van der Waals surface area contributed by atoms with E-state index in [0.29, 0.717) is 5.75 Å². The van der Waals surface area contributed by atoms with Crippen LogP contribution in [-0.4, -0.2) is 44.3 Å². The van der Waals surface area contributed by atoms with E-state index in [9.17, 15) is 4.79 Å². The maximum atomic E-state index is 13.1. The van der Waals surface area contributed by atoms with Crippen molar-refractivity contribution in [1.82, 2.24) is 19.7 Å². The molecule has 2 aromatic carbocycles. The topological polar surface area (TPSA) is 51.0 Å². The number of rotatable bonds is 7. The zero-order valence-corrected chi connectivity index (χ0v) is 19.6. The first-order valence-electron chi connectivity index (χ1n) is 10.9. The smallest absolute Gasteiger partial charge is 0.196 e. The predicted molar refractivity (Wildman–Crippen MR) is 126 cm³/mol. The number of hydrogen-bond donors (Lipinski definition) is 0. The Hall–Kier alpha value is -2.44. The van der Waals surface area contributed by atoms with Crippen molar-refractivity contribution in [2.75, 3.05) is 18.8 Å². The molecule has 5 nitrogen and oxygen atoms in total. The second kappa shape index (κ2) is 9.37. The number of thioether (sulfide) groups is 1. The van der Waals surface area contributed by atoms with Gasteiger partial charge < -0.3 is 0 Å². The summed E-state index contributed by atoms with van der Waals surface area (Å²) in [7, 11) is 0. The highest BCUT2D eigenvalue weighted by molar-refractivity contribution is 7.99. The fourth-order valence-corrected chi connectivity index (χ4v) is 5.04. The van der Waals surface area contributed by atoms with Crippen molar-refractivity contribution in [2.45, 2.75) is 52.2 Å². The Balaban J connectivity index is 1.59. The number of ketones is 1. The first kappa shape index (κ1) is 21.8. The highest BCUT2D eigenvalue weighted by atomic mass is 32.2. The van der Waals surface area contributed by atoms with Gasteiger partial charge >= 0.3 is 0 Å². The average Bonchev–Trinajstić information content (AvgIpc) is 3.44. The first-order valence-corrected chi connectivity index (χ1v) is 11.9. The summed E-state index contributed by atoms with van der Waals surface area (Å²) in [5, 5.41) is 9.74. The number of benzene rings is 2. The van der Waals surface area contributed by atoms with Crippen LogP contribution in [0, 0.1) is 27.7 Å². The minimum atomic E-state index is 0.136. The van der Waals surface area contributed by atoms with E-state index in [1.54, 1.807) is 0 Å². The van der Waals surface area contributed by atoms with E-state index in [1.165, 1.54) is 35.7 Å². The van der Waals surface area contributed by atoms with Gasteiger partial charge in [0.1, 0.15) is 0 Å². The van der Waals surface area contributed by atoms with E-state index < -0.39 is 0 Å². The van der Waals surface area contributed by atoms with Gasteiger partial charge in [-0.15, -0.1) is 10.2 Å². The summed E-state index contributed by atoms with van der Waals surface area (Å²) in [6.07, 6.45) is 2.48. The molecule has 1 aliphatic heterocycles. The van der Waals surface area contributed by atoms with E-state index in [-0.39, 0.29) is 5.78 Å². The fourth-order valence-electron chi connectivity index (χ4n) is 4.18. The van der Waals surface area contributed by atoms with Crippen molar-refractivity contribution in [3.63, 3.8) is 0 Å². The van der Waals surface area contributed by atoms with Crippen LogP contribution in [0.1, 0.15) is 51.3 Å². The van der Waals surface area contributed by atoms with Crippen LogP contribution in [0.15, 0.2) is 41.6 Å². The lowest BCUT2D eigenvalue weighted by Gasteiger charge is -2.16. The van der Waals surface area contributed by atoms with Gasteiger partial charge in [0.2, 0.25) is 0 Å². The van der Waals surface area contributed by atoms with Crippen LogP contribution in [0.4, 0.5) is 0 Å². The lowest BCUT2D eigenvalue weighted by atomic mass is 9.93. The molecular weight excluding hydrogens is 404 g/mol. The molecule has 2 heterocycles. The van der Waals surface area contributed by atoms with Gasteiger partial charge in [-0.2, -0.15) is 0 Å². The molecule has 31 heavy (non-hydrogen) atoms. The van der Waals surface area contributed by atoms with E-state index in [2.05, 4.69) is 52.6 Å². The Kier molecular flexibility index (Phi) is 6.58. The first-order chi connectivity index (χ1) is 15.0.